The molecular formula is C14H13ClF3NS. The minimum absolute atomic E-state index is 0.0189. The molecule has 0 fully saturated rings. The predicted molar refractivity (Wildman–Crippen MR) is 77.4 cm³/mol. The largest absolute Gasteiger partial charge is 0.416 e. The van der Waals surface area contributed by atoms with Crippen LogP contribution in [0.25, 0.3) is 0 Å². The van der Waals surface area contributed by atoms with Crippen LogP contribution in [0.5, 0.6) is 0 Å². The first-order valence-electron chi connectivity index (χ1n) is 6.08. The van der Waals surface area contributed by atoms with Gasteiger partial charge in [0.2, 0.25) is 0 Å². The molecule has 6 heteroatoms. The smallest absolute Gasteiger partial charge is 0.377 e. The number of benzene rings is 1. The van der Waals surface area contributed by atoms with Crippen LogP contribution in [-0.2, 0) is 6.18 Å². The number of halogens is 4. The van der Waals surface area contributed by atoms with E-state index in [1.54, 1.807) is 11.3 Å². The molecule has 0 saturated heterocycles. The van der Waals surface area contributed by atoms with Gasteiger partial charge < -0.3 is 5.32 Å². The Morgan fingerprint density at radius 3 is 2.60 bits per heavy atom. The zero-order valence-corrected chi connectivity index (χ0v) is 12.2. The van der Waals surface area contributed by atoms with Crippen LogP contribution in [-0.4, -0.2) is 0 Å². The van der Waals surface area contributed by atoms with E-state index in [1.807, 2.05) is 24.4 Å². The maximum atomic E-state index is 12.8. The highest BCUT2D eigenvalue weighted by Gasteiger charge is 2.31. The maximum Gasteiger partial charge on any atom is 0.416 e. The molecule has 0 amide bonds. The van der Waals surface area contributed by atoms with E-state index in [2.05, 4.69) is 5.32 Å². The Morgan fingerprint density at radius 2 is 2.05 bits per heavy atom. The average molecular weight is 320 g/mol. The summed E-state index contributed by atoms with van der Waals surface area (Å²) in [5.74, 6) is 0. The van der Waals surface area contributed by atoms with Crippen molar-refractivity contribution in [2.45, 2.75) is 25.6 Å². The summed E-state index contributed by atoms with van der Waals surface area (Å²) in [7, 11) is 0. The molecule has 1 unspecified atom stereocenters. The van der Waals surface area contributed by atoms with Crippen LogP contribution in [0.15, 0.2) is 35.7 Å². The second-order valence-electron chi connectivity index (χ2n) is 4.35. The van der Waals surface area contributed by atoms with Crippen molar-refractivity contribution in [3.63, 3.8) is 0 Å². The third-order valence-corrected chi connectivity index (χ3v) is 4.07. The van der Waals surface area contributed by atoms with Crippen LogP contribution in [0.3, 0.4) is 0 Å². The lowest BCUT2D eigenvalue weighted by Gasteiger charge is -2.18. The van der Waals surface area contributed by atoms with Gasteiger partial charge in [0, 0.05) is 15.6 Å². The quantitative estimate of drug-likeness (QED) is 0.730. The third-order valence-electron chi connectivity index (χ3n) is 2.86. The van der Waals surface area contributed by atoms with E-state index in [0.717, 1.165) is 23.4 Å². The lowest BCUT2D eigenvalue weighted by molar-refractivity contribution is -0.137. The van der Waals surface area contributed by atoms with Crippen molar-refractivity contribution in [2.75, 3.05) is 5.32 Å². The molecule has 0 aliphatic rings. The summed E-state index contributed by atoms with van der Waals surface area (Å²) in [6.45, 7) is 1.98. The number of hydrogen-bond acceptors (Lipinski definition) is 2. The first kappa shape index (κ1) is 15.2. The van der Waals surface area contributed by atoms with Crippen molar-refractivity contribution in [3.05, 3.63) is 51.2 Å². The summed E-state index contributed by atoms with van der Waals surface area (Å²) in [5, 5.41) is 5.13. The molecule has 0 radical (unpaired) electrons. The SMILES string of the molecule is CCC(Nc1cc(Cl)cc(C(F)(F)F)c1)c1cccs1. The lowest BCUT2D eigenvalue weighted by atomic mass is 10.1. The molecule has 0 saturated carbocycles. The minimum Gasteiger partial charge on any atom is -0.377 e. The maximum absolute atomic E-state index is 12.8. The number of hydrogen-bond donors (Lipinski definition) is 1. The standard InChI is InChI=1S/C14H13ClF3NS/c1-2-12(13-4-3-5-20-13)19-11-7-9(14(16,17)18)6-10(15)8-11/h3-8,12,19H,2H2,1H3. The number of alkyl halides is 3. The van der Waals surface area contributed by atoms with Gasteiger partial charge in [-0.25, -0.2) is 0 Å². The zero-order valence-electron chi connectivity index (χ0n) is 10.7. The van der Waals surface area contributed by atoms with Crippen LogP contribution >= 0.6 is 22.9 Å². The van der Waals surface area contributed by atoms with E-state index in [4.69, 9.17) is 11.6 Å². The molecule has 1 N–H and O–H groups in total. The monoisotopic (exact) mass is 319 g/mol. The van der Waals surface area contributed by atoms with Gasteiger partial charge in [-0.1, -0.05) is 24.6 Å². The molecule has 0 aliphatic heterocycles. The topological polar surface area (TPSA) is 12.0 Å². The first-order valence-corrected chi connectivity index (χ1v) is 7.33. The minimum atomic E-state index is -4.40. The second-order valence-corrected chi connectivity index (χ2v) is 5.76. The summed E-state index contributed by atoms with van der Waals surface area (Å²) in [6, 6.07) is 7.38. The van der Waals surface area contributed by atoms with Gasteiger partial charge in [0.05, 0.1) is 11.6 Å². The van der Waals surface area contributed by atoms with E-state index in [0.29, 0.717) is 5.69 Å². The Labute approximate surface area is 124 Å². The Kier molecular flexibility index (Phi) is 4.60. The average Bonchev–Trinajstić information content (AvgIpc) is 2.88. The Balaban J connectivity index is 2.27. The number of anilines is 1. The number of thiophene rings is 1. The van der Waals surface area contributed by atoms with E-state index in [9.17, 15) is 13.2 Å². The van der Waals surface area contributed by atoms with Crippen LogP contribution in [0.2, 0.25) is 5.02 Å². The van der Waals surface area contributed by atoms with Gasteiger partial charge in [-0.2, -0.15) is 13.2 Å². The molecule has 1 aromatic heterocycles. The summed E-state index contributed by atoms with van der Waals surface area (Å²) in [6.07, 6.45) is -3.62. The summed E-state index contributed by atoms with van der Waals surface area (Å²) >= 11 is 7.34. The molecule has 0 bridgehead atoms. The third kappa shape index (κ3) is 3.67. The van der Waals surface area contributed by atoms with Crippen molar-refractivity contribution in [1.29, 1.82) is 0 Å². The van der Waals surface area contributed by atoms with E-state index in [-0.39, 0.29) is 11.1 Å². The number of rotatable bonds is 4. The molecule has 0 aliphatic carbocycles. The zero-order chi connectivity index (χ0) is 14.8. The molecule has 0 spiro atoms. The molecule has 1 nitrogen and oxygen atoms in total. The summed E-state index contributed by atoms with van der Waals surface area (Å²) in [5.41, 5.74) is -0.362. The van der Waals surface area contributed by atoms with Gasteiger partial charge >= 0.3 is 6.18 Å². The van der Waals surface area contributed by atoms with Gasteiger partial charge in [-0.15, -0.1) is 11.3 Å². The van der Waals surface area contributed by atoms with Crippen LogP contribution in [0, 0.1) is 0 Å². The van der Waals surface area contributed by atoms with Gasteiger partial charge in [-0.05, 0) is 36.1 Å². The Bertz CT molecular complexity index is 566. The van der Waals surface area contributed by atoms with Gasteiger partial charge in [-0.3, -0.25) is 0 Å². The van der Waals surface area contributed by atoms with Gasteiger partial charge in [0.1, 0.15) is 0 Å². The van der Waals surface area contributed by atoms with Crippen molar-refractivity contribution >= 4 is 28.6 Å². The van der Waals surface area contributed by atoms with Gasteiger partial charge in [0.15, 0.2) is 0 Å². The fourth-order valence-electron chi connectivity index (χ4n) is 1.90. The van der Waals surface area contributed by atoms with Crippen molar-refractivity contribution in [2.24, 2.45) is 0 Å². The number of nitrogens with one attached hydrogen (secondary N) is 1. The fourth-order valence-corrected chi connectivity index (χ4v) is 3.00. The summed E-state index contributed by atoms with van der Waals surface area (Å²) in [4.78, 5) is 1.08. The molecule has 1 heterocycles. The normalized spacial score (nSPS) is 13.2. The second kappa shape index (κ2) is 6.06. The highest BCUT2D eigenvalue weighted by Crippen LogP contribution is 2.35. The van der Waals surface area contributed by atoms with E-state index >= 15 is 0 Å². The Morgan fingerprint density at radius 1 is 1.30 bits per heavy atom. The van der Waals surface area contributed by atoms with E-state index < -0.39 is 11.7 Å². The highest BCUT2D eigenvalue weighted by atomic mass is 35.5. The molecular weight excluding hydrogens is 307 g/mol. The first-order chi connectivity index (χ1) is 9.40. The molecule has 2 rings (SSSR count). The molecule has 108 valence electrons. The molecule has 20 heavy (non-hydrogen) atoms. The van der Waals surface area contributed by atoms with E-state index in [1.165, 1.54) is 6.07 Å². The molecule has 1 aromatic carbocycles. The van der Waals surface area contributed by atoms with Gasteiger partial charge in [0.25, 0.3) is 0 Å². The van der Waals surface area contributed by atoms with Crippen LogP contribution < -0.4 is 5.32 Å². The Hall–Kier alpha value is -1.20. The molecule has 2 aromatic rings. The van der Waals surface area contributed by atoms with Crippen molar-refractivity contribution < 1.29 is 13.2 Å². The lowest BCUT2D eigenvalue weighted by Crippen LogP contribution is -2.10. The van der Waals surface area contributed by atoms with Crippen molar-refractivity contribution in [1.82, 2.24) is 0 Å². The molecule has 1 atom stereocenters. The fraction of sp³-hybridized carbons (Fsp3) is 0.286. The van der Waals surface area contributed by atoms with Crippen molar-refractivity contribution in [3.8, 4) is 0 Å². The van der Waals surface area contributed by atoms with Crippen LogP contribution in [0.4, 0.5) is 18.9 Å². The predicted octanol–water partition coefficient (Wildman–Crippen LogP) is 5.98. The summed E-state index contributed by atoms with van der Waals surface area (Å²) < 4.78 is 38.3. The van der Waals surface area contributed by atoms with Crippen LogP contribution in [0.1, 0.15) is 29.8 Å². The highest BCUT2D eigenvalue weighted by molar-refractivity contribution is 7.10.